The van der Waals surface area contributed by atoms with Gasteiger partial charge in [-0.2, -0.15) is 0 Å². The lowest BCUT2D eigenvalue weighted by molar-refractivity contribution is -0.142. The second kappa shape index (κ2) is 16.9. The number of oxazole rings is 1. The summed E-state index contributed by atoms with van der Waals surface area (Å²) in [5, 5.41) is 13.6. The number of aromatic nitrogens is 3. The van der Waals surface area contributed by atoms with Crippen LogP contribution in [0.2, 0.25) is 5.02 Å². The molecule has 0 fully saturated rings. The predicted octanol–water partition coefficient (Wildman–Crippen LogP) is 7.49. The van der Waals surface area contributed by atoms with Gasteiger partial charge in [-0.1, -0.05) is 48.0 Å². The quantitative estimate of drug-likeness (QED) is 0.133. The second-order valence-corrected chi connectivity index (χ2v) is 15.5. The van der Waals surface area contributed by atoms with Gasteiger partial charge in [-0.05, 0) is 96.1 Å². The first-order valence-electron chi connectivity index (χ1n) is 19.5. The maximum Gasteiger partial charge on any atom is 0.326 e. The van der Waals surface area contributed by atoms with E-state index in [1.807, 2.05) is 80.6 Å². The number of carbonyl (C=O) groups excluding carboxylic acids is 2. The SMILES string of the molecule is Cc1nc(C(=O)N2Cc3cc4c(cc3C[C@H]2C(=O)NC(Cc2ccc(-c3ccnc(C)c3C)cc2)C(=O)O)OC[C@H](c2ccc(OCc3cncc(Cl)c3)cc2)O4)c(C)o1. The fraction of sp³-hybridized carbons (Fsp3) is 0.261. The van der Waals surface area contributed by atoms with Crippen LogP contribution in [0.4, 0.5) is 0 Å². The van der Waals surface area contributed by atoms with Crippen molar-refractivity contribution in [2.24, 2.45) is 0 Å². The van der Waals surface area contributed by atoms with Gasteiger partial charge in [-0.3, -0.25) is 19.6 Å². The van der Waals surface area contributed by atoms with Gasteiger partial charge in [0.2, 0.25) is 5.91 Å². The monoisotopic (exact) mass is 827 g/mol. The normalized spacial score (nSPS) is 16.1. The highest BCUT2D eigenvalue weighted by molar-refractivity contribution is 6.30. The van der Waals surface area contributed by atoms with E-state index < -0.39 is 36.0 Å². The highest BCUT2D eigenvalue weighted by atomic mass is 35.5. The minimum absolute atomic E-state index is 0.0280. The van der Waals surface area contributed by atoms with Crippen molar-refractivity contribution in [2.45, 2.75) is 71.9 Å². The number of rotatable bonds is 11. The zero-order chi connectivity index (χ0) is 42.1. The maximum absolute atomic E-state index is 14.2. The summed E-state index contributed by atoms with van der Waals surface area (Å²) < 4.78 is 24.2. The number of ether oxygens (including phenoxy) is 3. The molecule has 3 aromatic carbocycles. The minimum atomic E-state index is -1.26. The van der Waals surface area contributed by atoms with Gasteiger partial charge in [0, 0.05) is 56.2 Å². The molecule has 8 rings (SSSR count). The molecule has 1 unspecified atom stereocenters. The molecule has 0 saturated heterocycles. The van der Waals surface area contributed by atoms with E-state index in [1.54, 1.807) is 38.5 Å². The number of nitrogens with one attached hydrogen (secondary N) is 1. The molecule has 0 spiro atoms. The molecule has 13 nitrogen and oxygen atoms in total. The molecule has 0 bridgehead atoms. The van der Waals surface area contributed by atoms with Crippen molar-refractivity contribution in [1.29, 1.82) is 0 Å². The van der Waals surface area contributed by atoms with E-state index in [1.165, 1.54) is 4.90 Å². The smallest absolute Gasteiger partial charge is 0.326 e. The van der Waals surface area contributed by atoms with Gasteiger partial charge in [-0.15, -0.1) is 0 Å². The molecule has 6 aromatic rings. The summed E-state index contributed by atoms with van der Waals surface area (Å²) in [5.41, 5.74) is 8.06. The van der Waals surface area contributed by atoms with Gasteiger partial charge in [-0.25, -0.2) is 9.78 Å². The number of pyridine rings is 2. The largest absolute Gasteiger partial charge is 0.489 e. The number of nitrogens with zero attached hydrogens (tertiary/aromatic N) is 4. The van der Waals surface area contributed by atoms with Crippen molar-refractivity contribution in [1.82, 2.24) is 25.2 Å². The average Bonchev–Trinajstić information content (AvgIpc) is 3.59. The standard InChI is InChI=1S/C46H42ClN5O8/c1-25-26(2)49-14-13-37(25)31-7-5-29(6-8-31)16-38(46(55)56)51-44(53)39-17-33-18-40-41(19-34(33)22-52(39)45(54)43-27(3)59-28(4)50-43)60-42(24-58-40)32-9-11-36(12-10-32)57-23-30-15-35(47)21-48-20-30/h5-15,18-21,38-39,42H,16-17,22-24H2,1-4H3,(H,51,53)(H,55,56)/t38?,39-,42+/m0/s1. The summed E-state index contributed by atoms with van der Waals surface area (Å²) >= 11 is 6.05. The Labute approximate surface area is 351 Å². The summed E-state index contributed by atoms with van der Waals surface area (Å²) in [5.74, 6) is -0.0257. The van der Waals surface area contributed by atoms with E-state index in [0.29, 0.717) is 40.5 Å². The molecule has 5 heterocycles. The first kappa shape index (κ1) is 40.1. The number of amides is 2. The summed E-state index contributed by atoms with van der Waals surface area (Å²) in [4.78, 5) is 55.2. The number of hydrogen-bond donors (Lipinski definition) is 2. The van der Waals surface area contributed by atoms with Gasteiger partial charge < -0.3 is 34.0 Å². The van der Waals surface area contributed by atoms with Crippen LogP contribution in [0, 0.1) is 27.7 Å². The van der Waals surface area contributed by atoms with Gasteiger partial charge in [0.1, 0.15) is 36.8 Å². The molecule has 3 aromatic heterocycles. The van der Waals surface area contributed by atoms with Crippen LogP contribution in [0.3, 0.4) is 0 Å². The van der Waals surface area contributed by atoms with Gasteiger partial charge in [0.05, 0.1) is 5.02 Å². The second-order valence-electron chi connectivity index (χ2n) is 15.0. The Morgan fingerprint density at radius 1 is 0.950 bits per heavy atom. The molecule has 14 heteroatoms. The zero-order valence-electron chi connectivity index (χ0n) is 33.4. The Kier molecular flexibility index (Phi) is 11.3. The number of hydrogen-bond acceptors (Lipinski definition) is 10. The molecule has 2 amide bonds. The van der Waals surface area contributed by atoms with Gasteiger partial charge >= 0.3 is 5.97 Å². The lowest BCUT2D eigenvalue weighted by Gasteiger charge is -2.37. The molecule has 60 heavy (non-hydrogen) atoms. The van der Waals surface area contributed by atoms with Crippen molar-refractivity contribution >= 4 is 29.4 Å². The van der Waals surface area contributed by atoms with Crippen LogP contribution in [0.1, 0.15) is 67.3 Å². The Morgan fingerprint density at radius 2 is 1.72 bits per heavy atom. The lowest BCUT2D eigenvalue weighted by Crippen LogP contribution is -2.56. The highest BCUT2D eigenvalue weighted by Crippen LogP contribution is 2.41. The number of fused-ring (bicyclic) bond motifs is 2. The van der Waals surface area contributed by atoms with E-state index >= 15 is 0 Å². The molecular weight excluding hydrogens is 786 g/mol. The Morgan fingerprint density at radius 3 is 2.43 bits per heavy atom. The van der Waals surface area contributed by atoms with E-state index in [2.05, 4.69) is 20.3 Å². The summed E-state index contributed by atoms with van der Waals surface area (Å²) in [7, 11) is 0. The van der Waals surface area contributed by atoms with Crippen LogP contribution in [0.25, 0.3) is 11.1 Å². The number of carboxylic acids is 1. The third kappa shape index (κ3) is 8.53. The van der Waals surface area contributed by atoms with Gasteiger partial charge in [0.25, 0.3) is 5.91 Å². The molecule has 2 N–H and O–H groups in total. The number of carboxylic acid groups (broad SMARTS) is 1. The van der Waals surface area contributed by atoms with Crippen LogP contribution in [0.5, 0.6) is 17.2 Å². The van der Waals surface area contributed by atoms with Crippen LogP contribution < -0.4 is 19.5 Å². The molecular formula is C46H42ClN5O8. The molecule has 0 saturated carbocycles. The third-order valence-corrected chi connectivity index (χ3v) is 11.1. The number of aryl methyl sites for hydroxylation is 3. The van der Waals surface area contributed by atoms with Crippen LogP contribution in [0.15, 0.2) is 95.8 Å². The fourth-order valence-corrected chi connectivity index (χ4v) is 7.78. The minimum Gasteiger partial charge on any atom is -0.489 e. The highest BCUT2D eigenvalue weighted by Gasteiger charge is 2.39. The molecule has 306 valence electrons. The number of halogens is 1. The number of carbonyl (C=O) groups is 3. The maximum atomic E-state index is 14.2. The van der Waals surface area contributed by atoms with Crippen molar-refractivity contribution in [3.8, 4) is 28.4 Å². The Bertz CT molecular complexity index is 2590. The molecule has 3 atom stereocenters. The topological polar surface area (TPSA) is 166 Å². The molecule has 0 aliphatic carbocycles. The number of aliphatic carboxylic acids is 1. The molecule has 2 aliphatic heterocycles. The number of benzene rings is 3. The molecule has 2 aliphatic rings. The molecule has 0 radical (unpaired) electrons. The summed E-state index contributed by atoms with van der Waals surface area (Å²) in [6.45, 7) is 7.82. The lowest BCUT2D eigenvalue weighted by atomic mass is 9.91. The predicted molar refractivity (Wildman–Crippen MR) is 221 cm³/mol. The Hall–Kier alpha value is -6.73. The third-order valence-electron chi connectivity index (χ3n) is 10.9. The summed E-state index contributed by atoms with van der Waals surface area (Å²) in [6.07, 6.45) is 4.74. The average molecular weight is 828 g/mol. The van der Waals surface area contributed by atoms with Crippen LogP contribution in [-0.2, 0) is 35.6 Å². The van der Waals surface area contributed by atoms with E-state index in [4.69, 9.17) is 30.2 Å². The van der Waals surface area contributed by atoms with Crippen LogP contribution >= 0.6 is 11.6 Å². The van der Waals surface area contributed by atoms with Crippen molar-refractivity contribution in [3.63, 3.8) is 0 Å². The van der Waals surface area contributed by atoms with Crippen molar-refractivity contribution < 1.29 is 38.1 Å². The first-order valence-corrected chi connectivity index (χ1v) is 19.8. The zero-order valence-corrected chi connectivity index (χ0v) is 34.2. The fourth-order valence-electron chi connectivity index (χ4n) is 7.58. The van der Waals surface area contributed by atoms with Crippen molar-refractivity contribution in [2.75, 3.05) is 6.61 Å². The Balaban J connectivity index is 0.997. The van der Waals surface area contributed by atoms with E-state index in [0.717, 1.165) is 50.2 Å². The van der Waals surface area contributed by atoms with Crippen LogP contribution in [-0.4, -0.2) is 61.4 Å². The van der Waals surface area contributed by atoms with E-state index in [9.17, 15) is 19.5 Å². The summed E-state index contributed by atoms with van der Waals surface area (Å²) in [6, 6.07) is 20.2. The first-order chi connectivity index (χ1) is 28.9. The van der Waals surface area contributed by atoms with E-state index in [-0.39, 0.29) is 31.7 Å². The van der Waals surface area contributed by atoms with Gasteiger partial charge in [0.15, 0.2) is 29.2 Å². The van der Waals surface area contributed by atoms with Crippen molar-refractivity contribution in [3.05, 3.63) is 153 Å².